The topological polar surface area (TPSA) is 71.0 Å². The minimum atomic E-state index is -4.44. The zero-order valence-corrected chi connectivity index (χ0v) is 13.1. The Bertz CT molecular complexity index is 706. The minimum absolute atomic E-state index is 0.248. The Morgan fingerprint density at radius 2 is 1.92 bits per heavy atom. The normalized spacial score (nSPS) is 11.2. The van der Waals surface area contributed by atoms with Crippen LogP contribution in [0.4, 0.5) is 19.0 Å². The van der Waals surface area contributed by atoms with Crippen LogP contribution in [0.2, 0.25) is 0 Å². The number of aromatic nitrogens is 3. The van der Waals surface area contributed by atoms with Gasteiger partial charge < -0.3 is 10.2 Å². The molecule has 0 aliphatic heterocycles. The third-order valence-electron chi connectivity index (χ3n) is 3.04. The van der Waals surface area contributed by atoms with Crippen molar-refractivity contribution in [3.8, 4) is 11.4 Å². The van der Waals surface area contributed by atoms with E-state index in [1.54, 1.807) is 44.6 Å². The summed E-state index contributed by atoms with van der Waals surface area (Å²) < 4.78 is 36.3. The van der Waals surface area contributed by atoms with E-state index in [1.165, 1.54) is 4.90 Å². The van der Waals surface area contributed by atoms with Crippen molar-refractivity contribution in [2.24, 2.45) is 0 Å². The fraction of sp³-hybridized carbons (Fsp3) is 0.333. The fourth-order valence-electron chi connectivity index (χ4n) is 1.93. The SMILES string of the molecule is Cc1cc(N(C)CC(=O)NCC(F)(F)F)nc(-c2ccncc2)n1. The maximum atomic E-state index is 12.1. The first-order valence-corrected chi connectivity index (χ1v) is 7.05. The predicted octanol–water partition coefficient (Wildman–Crippen LogP) is 1.96. The van der Waals surface area contributed by atoms with E-state index in [1.807, 2.05) is 5.32 Å². The first kappa shape index (κ1) is 17.6. The lowest BCUT2D eigenvalue weighted by Gasteiger charge is -2.19. The van der Waals surface area contributed by atoms with Crippen molar-refractivity contribution in [3.63, 3.8) is 0 Å². The molecule has 2 rings (SSSR count). The molecule has 6 nitrogen and oxygen atoms in total. The Labute approximate surface area is 136 Å². The van der Waals surface area contributed by atoms with E-state index in [-0.39, 0.29) is 6.54 Å². The van der Waals surface area contributed by atoms with Crippen LogP contribution < -0.4 is 10.2 Å². The Balaban J connectivity index is 2.11. The molecule has 0 aliphatic rings. The molecular weight excluding hydrogens is 323 g/mol. The fourth-order valence-corrected chi connectivity index (χ4v) is 1.93. The second kappa shape index (κ2) is 7.24. The maximum Gasteiger partial charge on any atom is 0.405 e. The summed E-state index contributed by atoms with van der Waals surface area (Å²) in [4.78, 5) is 25.7. The number of carbonyl (C=O) groups excluding carboxylic acids is 1. The summed E-state index contributed by atoms with van der Waals surface area (Å²) in [6.45, 7) is 0.167. The summed E-state index contributed by atoms with van der Waals surface area (Å²) in [6.07, 6.45) is -1.22. The number of pyridine rings is 1. The molecule has 0 unspecified atom stereocenters. The van der Waals surface area contributed by atoms with Gasteiger partial charge in [0, 0.05) is 36.8 Å². The lowest BCUT2D eigenvalue weighted by Crippen LogP contribution is -2.40. The number of amides is 1. The van der Waals surface area contributed by atoms with Crippen molar-refractivity contribution in [2.75, 3.05) is 25.0 Å². The van der Waals surface area contributed by atoms with Crippen molar-refractivity contribution in [2.45, 2.75) is 13.1 Å². The third-order valence-corrected chi connectivity index (χ3v) is 3.04. The van der Waals surface area contributed by atoms with Gasteiger partial charge >= 0.3 is 6.18 Å². The van der Waals surface area contributed by atoms with E-state index in [2.05, 4.69) is 15.0 Å². The van der Waals surface area contributed by atoms with Gasteiger partial charge in [-0.15, -0.1) is 0 Å². The zero-order valence-electron chi connectivity index (χ0n) is 13.1. The first-order valence-electron chi connectivity index (χ1n) is 7.05. The molecule has 0 aliphatic carbocycles. The molecular formula is C15H16F3N5O. The molecule has 2 heterocycles. The van der Waals surface area contributed by atoms with Gasteiger partial charge in [0.05, 0.1) is 6.54 Å². The lowest BCUT2D eigenvalue weighted by molar-refractivity contribution is -0.137. The van der Waals surface area contributed by atoms with Gasteiger partial charge in [-0.05, 0) is 19.1 Å². The highest BCUT2D eigenvalue weighted by molar-refractivity contribution is 5.81. The quantitative estimate of drug-likeness (QED) is 0.902. The molecule has 0 spiro atoms. The maximum absolute atomic E-state index is 12.1. The molecule has 0 atom stereocenters. The molecule has 1 N–H and O–H groups in total. The summed E-state index contributed by atoms with van der Waals surface area (Å²) in [5, 5.41) is 1.83. The van der Waals surface area contributed by atoms with Gasteiger partial charge in [-0.25, -0.2) is 9.97 Å². The van der Waals surface area contributed by atoms with Crippen LogP contribution in [-0.2, 0) is 4.79 Å². The zero-order chi connectivity index (χ0) is 17.7. The molecule has 128 valence electrons. The Morgan fingerprint density at radius 3 is 2.54 bits per heavy atom. The van der Waals surface area contributed by atoms with Crippen molar-refractivity contribution >= 4 is 11.7 Å². The molecule has 0 bridgehead atoms. The number of aryl methyl sites for hydroxylation is 1. The van der Waals surface area contributed by atoms with E-state index in [0.717, 1.165) is 5.56 Å². The number of rotatable bonds is 5. The molecule has 0 radical (unpaired) electrons. The van der Waals surface area contributed by atoms with E-state index in [9.17, 15) is 18.0 Å². The molecule has 0 fully saturated rings. The van der Waals surface area contributed by atoms with Crippen LogP contribution in [0.5, 0.6) is 0 Å². The predicted molar refractivity (Wildman–Crippen MR) is 82.3 cm³/mol. The number of halogens is 3. The summed E-state index contributed by atoms with van der Waals surface area (Å²) in [6, 6.07) is 5.14. The van der Waals surface area contributed by atoms with Gasteiger partial charge in [-0.2, -0.15) is 13.2 Å². The molecule has 0 aromatic carbocycles. The molecule has 2 aromatic rings. The highest BCUT2D eigenvalue weighted by atomic mass is 19.4. The largest absolute Gasteiger partial charge is 0.405 e. The number of anilines is 1. The van der Waals surface area contributed by atoms with Crippen LogP contribution in [0.3, 0.4) is 0 Å². The first-order chi connectivity index (χ1) is 11.2. The molecule has 0 saturated heterocycles. The Morgan fingerprint density at radius 1 is 1.25 bits per heavy atom. The van der Waals surface area contributed by atoms with Crippen LogP contribution in [0.25, 0.3) is 11.4 Å². The molecule has 1 amide bonds. The number of hydrogen-bond donors (Lipinski definition) is 1. The summed E-state index contributed by atoms with van der Waals surface area (Å²) in [5.41, 5.74) is 1.43. The summed E-state index contributed by atoms with van der Waals surface area (Å²) >= 11 is 0. The molecule has 2 aromatic heterocycles. The van der Waals surface area contributed by atoms with E-state index >= 15 is 0 Å². The van der Waals surface area contributed by atoms with E-state index in [0.29, 0.717) is 17.3 Å². The third kappa shape index (κ3) is 5.18. The smallest absolute Gasteiger partial charge is 0.350 e. The van der Waals surface area contributed by atoms with Gasteiger partial charge in [0.1, 0.15) is 12.4 Å². The summed E-state index contributed by atoms with van der Waals surface area (Å²) in [5.74, 6) is 0.156. The monoisotopic (exact) mass is 339 g/mol. The lowest BCUT2D eigenvalue weighted by atomic mass is 10.2. The van der Waals surface area contributed by atoms with Crippen LogP contribution in [0.15, 0.2) is 30.6 Å². The molecule has 0 saturated carbocycles. The van der Waals surface area contributed by atoms with Crippen LogP contribution in [-0.4, -0.2) is 47.2 Å². The second-order valence-corrected chi connectivity index (χ2v) is 5.17. The van der Waals surface area contributed by atoms with Crippen LogP contribution >= 0.6 is 0 Å². The van der Waals surface area contributed by atoms with Gasteiger partial charge in [-0.1, -0.05) is 0 Å². The van der Waals surface area contributed by atoms with Crippen molar-refractivity contribution in [1.82, 2.24) is 20.3 Å². The number of likely N-dealkylation sites (N-methyl/N-ethyl adjacent to an activating group) is 1. The van der Waals surface area contributed by atoms with Crippen molar-refractivity contribution < 1.29 is 18.0 Å². The Kier molecular flexibility index (Phi) is 5.32. The minimum Gasteiger partial charge on any atom is -0.350 e. The number of nitrogens with zero attached hydrogens (tertiary/aromatic N) is 4. The van der Waals surface area contributed by atoms with Gasteiger partial charge in [0.2, 0.25) is 5.91 Å². The average Bonchev–Trinajstić information content (AvgIpc) is 2.52. The van der Waals surface area contributed by atoms with Crippen molar-refractivity contribution in [3.05, 3.63) is 36.3 Å². The Hall–Kier alpha value is -2.71. The van der Waals surface area contributed by atoms with E-state index < -0.39 is 18.6 Å². The highest BCUT2D eigenvalue weighted by Gasteiger charge is 2.27. The van der Waals surface area contributed by atoms with E-state index in [4.69, 9.17) is 0 Å². The second-order valence-electron chi connectivity index (χ2n) is 5.17. The molecule has 9 heteroatoms. The van der Waals surface area contributed by atoms with Gasteiger partial charge in [0.25, 0.3) is 0 Å². The highest BCUT2D eigenvalue weighted by Crippen LogP contribution is 2.18. The number of alkyl halides is 3. The van der Waals surface area contributed by atoms with Gasteiger partial charge in [-0.3, -0.25) is 9.78 Å². The number of carbonyl (C=O) groups is 1. The average molecular weight is 339 g/mol. The van der Waals surface area contributed by atoms with Crippen LogP contribution in [0, 0.1) is 6.92 Å². The number of hydrogen-bond acceptors (Lipinski definition) is 5. The summed E-state index contributed by atoms with van der Waals surface area (Å²) in [7, 11) is 1.57. The number of nitrogens with one attached hydrogen (secondary N) is 1. The van der Waals surface area contributed by atoms with Crippen molar-refractivity contribution in [1.29, 1.82) is 0 Å². The van der Waals surface area contributed by atoms with Gasteiger partial charge in [0.15, 0.2) is 5.82 Å². The van der Waals surface area contributed by atoms with Crippen LogP contribution in [0.1, 0.15) is 5.69 Å². The standard InChI is InChI=1S/C15H16F3N5O/c1-10-7-12(22-14(21-10)11-3-5-19-6-4-11)23(2)8-13(24)20-9-15(16,17)18/h3-7H,8-9H2,1-2H3,(H,20,24). The molecule has 24 heavy (non-hydrogen) atoms.